The van der Waals surface area contributed by atoms with Gasteiger partial charge in [0.1, 0.15) is 18.2 Å². The number of halogens is 1. The summed E-state index contributed by atoms with van der Waals surface area (Å²) in [6.07, 6.45) is 4.28. The second-order valence-electron chi connectivity index (χ2n) is 8.85. The Morgan fingerprint density at radius 2 is 1.78 bits per heavy atom. The molecule has 0 aliphatic carbocycles. The van der Waals surface area contributed by atoms with Gasteiger partial charge >= 0.3 is 5.97 Å². The molecule has 0 bridgehead atoms. The van der Waals surface area contributed by atoms with Crippen molar-refractivity contribution in [2.45, 2.75) is 32.7 Å². The van der Waals surface area contributed by atoms with Gasteiger partial charge in [0, 0.05) is 36.5 Å². The van der Waals surface area contributed by atoms with E-state index in [1.54, 1.807) is 18.2 Å². The summed E-state index contributed by atoms with van der Waals surface area (Å²) in [7, 11) is 0. The van der Waals surface area contributed by atoms with Gasteiger partial charge in [-0.3, -0.25) is 0 Å². The number of fused-ring (bicyclic) bond motifs is 1. The molecule has 0 atom stereocenters. The summed E-state index contributed by atoms with van der Waals surface area (Å²) in [4.78, 5) is 13.9. The van der Waals surface area contributed by atoms with Crippen LogP contribution in [0.4, 0.5) is 10.1 Å². The predicted octanol–water partition coefficient (Wildman–Crippen LogP) is 6.57. The van der Waals surface area contributed by atoms with Crippen LogP contribution in [0.3, 0.4) is 0 Å². The molecule has 1 aliphatic rings. The number of ether oxygens (including phenoxy) is 2. The lowest BCUT2D eigenvalue weighted by Gasteiger charge is -2.25. The Kier molecular flexibility index (Phi) is 8.74. The lowest BCUT2D eigenvalue weighted by Crippen LogP contribution is -2.25. The zero-order valence-electron chi connectivity index (χ0n) is 20.6. The fourth-order valence-corrected chi connectivity index (χ4v) is 4.25. The maximum Gasteiger partial charge on any atom is 0.331 e. The highest BCUT2D eigenvalue weighted by Gasteiger charge is 2.20. The molecule has 0 saturated carbocycles. The zero-order chi connectivity index (χ0) is 25.3. The van der Waals surface area contributed by atoms with Gasteiger partial charge in [0.15, 0.2) is 0 Å². The Hall–Kier alpha value is -3.64. The minimum absolute atomic E-state index is 0.263. The second-order valence-corrected chi connectivity index (χ2v) is 8.85. The van der Waals surface area contributed by atoms with E-state index in [-0.39, 0.29) is 5.82 Å². The molecule has 0 unspecified atom stereocenters. The van der Waals surface area contributed by atoms with Gasteiger partial charge in [0.2, 0.25) is 0 Å². The standard InChI is InChI=1S/C30H32FNO4/c1-2-3-16-35-17-18-36-27-11-8-22(9-12-27)23-10-13-29-26(19-23)20-24(30(33)34)14-15-32(29)21-25-6-4-5-7-28(25)31/h4-13,19-20H,2-3,14-18,21H2,1H3,(H,33,34). The van der Waals surface area contributed by atoms with Crippen LogP contribution >= 0.6 is 0 Å². The van der Waals surface area contributed by atoms with Gasteiger partial charge in [-0.2, -0.15) is 0 Å². The first kappa shape index (κ1) is 25.5. The topological polar surface area (TPSA) is 59.0 Å². The average molecular weight is 490 g/mol. The van der Waals surface area contributed by atoms with E-state index in [2.05, 4.69) is 6.92 Å². The summed E-state index contributed by atoms with van der Waals surface area (Å²) in [5.74, 6) is -0.419. The fraction of sp³-hybridized carbons (Fsp3) is 0.300. The van der Waals surface area contributed by atoms with Crippen molar-refractivity contribution in [2.24, 2.45) is 0 Å². The van der Waals surface area contributed by atoms with Crippen LogP contribution in [0.2, 0.25) is 0 Å². The number of benzene rings is 3. The molecule has 0 saturated heterocycles. The Bertz CT molecular complexity index is 1210. The minimum atomic E-state index is -0.931. The number of nitrogens with zero attached hydrogens (tertiary/aromatic N) is 1. The molecule has 5 nitrogen and oxygen atoms in total. The zero-order valence-corrected chi connectivity index (χ0v) is 20.6. The highest BCUT2D eigenvalue weighted by molar-refractivity contribution is 5.94. The summed E-state index contributed by atoms with van der Waals surface area (Å²) in [5, 5.41) is 9.69. The van der Waals surface area contributed by atoms with Crippen LogP contribution in [-0.4, -0.2) is 37.4 Å². The van der Waals surface area contributed by atoms with Crippen molar-refractivity contribution in [1.82, 2.24) is 0 Å². The van der Waals surface area contributed by atoms with Crippen LogP contribution in [0, 0.1) is 5.82 Å². The number of carboxylic acid groups (broad SMARTS) is 1. The van der Waals surface area contributed by atoms with Crippen LogP contribution in [0.1, 0.15) is 37.3 Å². The highest BCUT2D eigenvalue weighted by atomic mass is 19.1. The number of anilines is 1. The number of carbonyl (C=O) groups is 1. The lowest BCUT2D eigenvalue weighted by atomic mass is 10.00. The SMILES string of the molecule is CCCCOCCOc1ccc(-c2ccc3c(c2)C=C(C(=O)O)CCN3Cc2ccccc2F)cc1. The molecule has 1 aliphatic heterocycles. The van der Waals surface area contributed by atoms with E-state index < -0.39 is 5.97 Å². The predicted molar refractivity (Wildman–Crippen MR) is 141 cm³/mol. The number of unbranched alkanes of at least 4 members (excludes halogenated alkanes) is 1. The van der Waals surface area contributed by atoms with Crippen LogP contribution < -0.4 is 9.64 Å². The van der Waals surface area contributed by atoms with Crippen LogP contribution in [-0.2, 0) is 16.1 Å². The van der Waals surface area contributed by atoms with Crippen molar-refractivity contribution in [3.05, 3.63) is 89.2 Å². The molecule has 1 N–H and O–H groups in total. The van der Waals surface area contributed by atoms with Crippen molar-refractivity contribution in [3.63, 3.8) is 0 Å². The summed E-state index contributed by atoms with van der Waals surface area (Å²) >= 11 is 0. The van der Waals surface area contributed by atoms with Gasteiger partial charge in [-0.15, -0.1) is 0 Å². The Morgan fingerprint density at radius 3 is 2.53 bits per heavy atom. The molecule has 188 valence electrons. The summed E-state index contributed by atoms with van der Waals surface area (Å²) < 4.78 is 25.6. The second kappa shape index (κ2) is 12.4. The quantitative estimate of drug-likeness (QED) is 0.309. The van der Waals surface area contributed by atoms with E-state index in [1.165, 1.54) is 6.07 Å². The van der Waals surface area contributed by atoms with Crippen molar-refractivity contribution in [3.8, 4) is 16.9 Å². The highest BCUT2D eigenvalue weighted by Crippen LogP contribution is 2.34. The molecule has 3 aromatic rings. The summed E-state index contributed by atoms with van der Waals surface area (Å²) in [6.45, 7) is 4.82. The smallest absolute Gasteiger partial charge is 0.331 e. The lowest BCUT2D eigenvalue weighted by molar-refractivity contribution is -0.132. The monoisotopic (exact) mass is 489 g/mol. The van der Waals surface area contributed by atoms with Crippen molar-refractivity contribution >= 4 is 17.7 Å². The number of aliphatic carboxylic acids is 1. The molecule has 1 heterocycles. The molecule has 3 aromatic carbocycles. The largest absolute Gasteiger partial charge is 0.491 e. The van der Waals surface area contributed by atoms with Crippen molar-refractivity contribution < 1.29 is 23.8 Å². The molecule has 0 aromatic heterocycles. The van der Waals surface area contributed by atoms with Gasteiger partial charge in [-0.25, -0.2) is 9.18 Å². The summed E-state index contributed by atoms with van der Waals surface area (Å²) in [5.41, 5.74) is 4.59. The summed E-state index contributed by atoms with van der Waals surface area (Å²) in [6, 6.07) is 20.5. The molecule has 0 amide bonds. The molecule has 0 fully saturated rings. The first-order chi connectivity index (χ1) is 17.5. The van der Waals surface area contributed by atoms with Crippen molar-refractivity contribution in [2.75, 3.05) is 31.3 Å². The Labute approximate surface area is 211 Å². The number of carboxylic acids is 1. The molecule has 0 radical (unpaired) electrons. The first-order valence-corrected chi connectivity index (χ1v) is 12.4. The molecule has 36 heavy (non-hydrogen) atoms. The number of hydrogen-bond donors (Lipinski definition) is 1. The van der Waals surface area contributed by atoms with Gasteiger partial charge in [0.25, 0.3) is 0 Å². The molecular weight excluding hydrogens is 457 g/mol. The minimum Gasteiger partial charge on any atom is -0.491 e. The molecule has 4 rings (SSSR count). The molecular formula is C30H32FNO4. The third-order valence-corrected chi connectivity index (χ3v) is 6.27. The van der Waals surface area contributed by atoms with Crippen LogP contribution in [0.15, 0.2) is 72.3 Å². The molecule has 0 spiro atoms. The Morgan fingerprint density at radius 1 is 1.00 bits per heavy atom. The average Bonchev–Trinajstić information content (AvgIpc) is 3.07. The third kappa shape index (κ3) is 6.52. The van der Waals surface area contributed by atoms with Gasteiger partial charge in [-0.1, -0.05) is 49.7 Å². The third-order valence-electron chi connectivity index (χ3n) is 6.27. The fourth-order valence-electron chi connectivity index (χ4n) is 4.25. The van der Waals surface area contributed by atoms with E-state index in [0.29, 0.717) is 43.9 Å². The van der Waals surface area contributed by atoms with E-state index in [0.717, 1.165) is 47.6 Å². The van der Waals surface area contributed by atoms with Crippen LogP contribution in [0.25, 0.3) is 17.2 Å². The van der Waals surface area contributed by atoms with E-state index in [9.17, 15) is 14.3 Å². The maximum absolute atomic E-state index is 14.3. The number of hydrogen-bond acceptors (Lipinski definition) is 4. The Balaban J connectivity index is 1.52. The molecule has 6 heteroatoms. The first-order valence-electron chi connectivity index (χ1n) is 12.4. The normalized spacial score (nSPS) is 13.1. The van der Waals surface area contributed by atoms with Gasteiger partial charge < -0.3 is 19.5 Å². The number of rotatable bonds is 11. The van der Waals surface area contributed by atoms with Crippen LogP contribution in [0.5, 0.6) is 5.75 Å². The van der Waals surface area contributed by atoms with E-state index >= 15 is 0 Å². The van der Waals surface area contributed by atoms with Gasteiger partial charge in [0.05, 0.1) is 6.61 Å². The van der Waals surface area contributed by atoms with Crippen molar-refractivity contribution in [1.29, 1.82) is 0 Å². The van der Waals surface area contributed by atoms with E-state index in [4.69, 9.17) is 9.47 Å². The van der Waals surface area contributed by atoms with E-state index in [1.807, 2.05) is 53.4 Å². The van der Waals surface area contributed by atoms with Gasteiger partial charge in [-0.05, 0) is 65.9 Å². The maximum atomic E-state index is 14.3.